The van der Waals surface area contributed by atoms with Crippen molar-refractivity contribution in [2.45, 2.75) is 39.8 Å². The van der Waals surface area contributed by atoms with Crippen molar-refractivity contribution in [3.8, 4) is 0 Å². The molecule has 154 valence electrons. The largest absolute Gasteiger partial charge is 0.447 e. The molecule has 1 aromatic rings. The van der Waals surface area contributed by atoms with Crippen LogP contribution in [0.4, 0.5) is 0 Å². The summed E-state index contributed by atoms with van der Waals surface area (Å²) in [5, 5.41) is 12.8. The lowest BCUT2D eigenvalue weighted by Gasteiger charge is -2.34. The van der Waals surface area contributed by atoms with Crippen LogP contribution in [0.3, 0.4) is 0 Å². The highest BCUT2D eigenvalue weighted by Gasteiger charge is 2.21. The average molecular weight is 383 g/mol. The van der Waals surface area contributed by atoms with Crippen molar-refractivity contribution in [2.75, 3.05) is 52.5 Å². The van der Waals surface area contributed by atoms with E-state index in [1.54, 1.807) is 0 Å². The number of aliphatic hydroxyl groups is 1. The van der Waals surface area contributed by atoms with Gasteiger partial charge in [0.05, 0.1) is 19.3 Å². The first-order chi connectivity index (χ1) is 13.0. The number of rotatable bonds is 11. The molecule has 8 heteroatoms. The van der Waals surface area contributed by atoms with Gasteiger partial charge in [-0.3, -0.25) is 14.6 Å². The van der Waals surface area contributed by atoms with E-state index in [0.717, 1.165) is 32.6 Å². The predicted octanol–water partition coefficient (Wildman–Crippen LogP) is 0.966. The van der Waals surface area contributed by atoms with Crippen LogP contribution in [-0.2, 0) is 11.3 Å². The van der Waals surface area contributed by atoms with Crippen LogP contribution in [0, 0.1) is 5.92 Å². The lowest BCUT2D eigenvalue weighted by molar-refractivity contribution is 0.00949. The first kappa shape index (κ1) is 21.8. The van der Waals surface area contributed by atoms with Gasteiger partial charge in [0.15, 0.2) is 5.69 Å². The zero-order chi connectivity index (χ0) is 19.6. The summed E-state index contributed by atoms with van der Waals surface area (Å²) in [6.07, 6.45) is 2.01. The fraction of sp³-hybridized carbons (Fsp3) is 0.789. The zero-order valence-corrected chi connectivity index (χ0v) is 16.8. The molecule has 0 unspecified atom stereocenters. The Balaban J connectivity index is 1.71. The van der Waals surface area contributed by atoms with E-state index in [0.29, 0.717) is 50.4 Å². The average Bonchev–Trinajstić information content (AvgIpc) is 3.14. The summed E-state index contributed by atoms with van der Waals surface area (Å²) in [5.41, 5.74) is 0.339. The fourth-order valence-corrected chi connectivity index (χ4v) is 2.92. The molecule has 0 saturated carbocycles. The molecule has 0 aromatic carbocycles. The number of nitrogens with zero attached hydrogens (tertiary/aromatic N) is 3. The van der Waals surface area contributed by atoms with Crippen molar-refractivity contribution < 1.29 is 19.1 Å². The number of oxazole rings is 1. The number of β-amino-alcohol motifs (C(OH)–C–C–N with tert-alkyl or cyclic N) is 1. The van der Waals surface area contributed by atoms with Crippen LogP contribution >= 0.6 is 0 Å². The Labute approximate surface area is 161 Å². The third kappa shape index (κ3) is 7.57. The summed E-state index contributed by atoms with van der Waals surface area (Å²) >= 11 is 0. The molecule has 2 heterocycles. The van der Waals surface area contributed by atoms with Crippen LogP contribution in [0.2, 0.25) is 0 Å². The Hall–Kier alpha value is -1.48. The Morgan fingerprint density at radius 2 is 2.04 bits per heavy atom. The van der Waals surface area contributed by atoms with Crippen LogP contribution in [0.1, 0.15) is 43.6 Å². The van der Waals surface area contributed by atoms with E-state index in [2.05, 4.69) is 33.9 Å². The van der Waals surface area contributed by atoms with Crippen LogP contribution in [-0.4, -0.2) is 84.4 Å². The molecule has 2 N–H and O–H groups in total. The van der Waals surface area contributed by atoms with Gasteiger partial charge < -0.3 is 19.6 Å². The molecule has 1 aliphatic rings. The van der Waals surface area contributed by atoms with E-state index in [9.17, 15) is 9.90 Å². The number of amides is 1. The molecule has 1 saturated heterocycles. The minimum atomic E-state index is -0.445. The zero-order valence-electron chi connectivity index (χ0n) is 16.8. The summed E-state index contributed by atoms with van der Waals surface area (Å²) in [7, 11) is 0. The molecular weight excluding hydrogens is 348 g/mol. The predicted molar refractivity (Wildman–Crippen MR) is 103 cm³/mol. The number of hydrogen-bond donors (Lipinski definition) is 2. The molecule has 0 bridgehead atoms. The summed E-state index contributed by atoms with van der Waals surface area (Å²) in [5.74, 6) is 0.829. The van der Waals surface area contributed by atoms with E-state index in [1.165, 1.54) is 6.26 Å². The number of aliphatic hydroxyl groups excluding tert-OH is 1. The maximum absolute atomic E-state index is 12.1. The van der Waals surface area contributed by atoms with Crippen molar-refractivity contribution in [3.63, 3.8) is 0 Å². The van der Waals surface area contributed by atoms with Crippen molar-refractivity contribution in [1.82, 2.24) is 20.1 Å². The minimum absolute atomic E-state index is 0.182. The molecule has 1 aliphatic heterocycles. The quantitative estimate of drug-likeness (QED) is 0.589. The topological polar surface area (TPSA) is 91.1 Å². The molecule has 1 aromatic heterocycles. The highest BCUT2D eigenvalue weighted by molar-refractivity contribution is 5.91. The summed E-state index contributed by atoms with van der Waals surface area (Å²) in [4.78, 5) is 20.9. The van der Waals surface area contributed by atoms with Gasteiger partial charge in [-0.25, -0.2) is 4.98 Å². The fourth-order valence-electron chi connectivity index (χ4n) is 2.92. The molecule has 1 fully saturated rings. The number of piperazine rings is 1. The third-order valence-corrected chi connectivity index (χ3v) is 4.90. The first-order valence-corrected chi connectivity index (χ1v) is 9.94. The standard InChI is InChI=1S/C19H34N4O4/c1-4-15(3)10-20-19(25)17-14-27-18(21-17)12-23-8-6-22(7-9-23)11-16(24)13-26-5-2/h14-16,24H,4-13H2,1-3H3,(H,20,25)/t15-,16+/m1/s1. The van der Waals surface area contributed by atoms with Crippen LogP contribution in [0.5, 0.6) is 0 Å². The van der Waals surface area contributed by atoms with E-state index < -0.39 is 6.10 Å². The molecule has 27 heavy (non-hydrogen) atoms. The second-order valence-electron chi connectivity index (χ2n) is 7.24. The maximum atomic E-state index is 12.1. The maximum Gasteiger partial charge on any atom is 0.273 e. The van der Waals surface area contributed by atoms with Crippen molar-refractivity contribution in [3.05, 3.63) is 17.8 Å². The molecule has 2 rings (SSSR count). The Bertz CT molecular complexity index is 558. The number of aromatic nitrogens is 1. The highest BCUT2D eigenvalue weighted by atomic mass is 16.5. The van der Waals surface area contributed by atoms with Crippen molar-refractivity contribution in [1.29, 1.82) is 0 Å². The Kier molecular flexibility index (Phi) is 9.20. The van der Waals surface area contributed by atoms with Gasteiger partial charge in [0.1, 0.15) is 6.26 Å². The van der Waals surface area contributed by atoms with Gasteiger partial charge in [-0.05, 0) is 12.8 Å². The van der Waals surface area contributed by atoms with Gasteiger partial charge in [0.2, 0.25) is 5.89 Å². The summed E-state index contributed by atoms with van der Waals surface area (Å²) in [6.45, 7) is 12.5. The summed E-state index contributed by atoms with van der Waals surface area (Å²) in [6, 6.07) is 0. The van der Waals surface area contributed by atoms with Crippen LogP contribution < -0.4 is 5.32 Å². The van der Waals surface area contributed by atoms with Gasteiger partial charge in [0.25, 0.3) is 5.91 Å². The lowest BCUT2D eigenvalue weighted by atomic mass is 10.1. The number of carbonyl (C=O) groups is 1. The molecular formula is C19H34N4O4. The number of nitrogens with one attached hydrogen (secondary N) is 1. The van der Waals surface area contributed by atoms with E-state index in [4.69, 9.17) is 9.15 Å². The van der Waals surface area contributed by atoms with E-state index in [-0.39, 0.29) is 5.91 Å². The van der Waals surface area contributed by atoms with Crippen molar-refractivity contribution in [2.24, 2.45) is 5.92 Å². The molecule has 8 nitrogen and oxygen atoms in total. The van der Waals surface area contributed by atoms with E-state index >= 15 is 0 Å². The first-order valence-electron chi connectivity index (χ1n) is 9.94. The second kappa shape index (κ2) is 11.4. The van der Waals surface area contributed by atoms with Gasteiger partial charge in [0, 0.05) is 45.9 Å². The minimum Gasteiger partial charge on any atom is -0.447 e. The Morgan fingerprint density at radius 1 is 1.33 bits per heavy atom. The Morgan fingerprint density at radius 3 is 2.70 bits per heavy atom. The van der Waals surface area contributed by atoms with Crippen LogP contribution in [0.15, 0.2) is 10.7 Å². The molecule has 1 amide bonds. The van der Waals surface area contributed by atoms with Crippen LogP contribution in [0.25, 0.3) is 0 Å². The molecule has 2 atom stereocenters. The highest BCUT2D eigenvalue weighted by Crippen LogP contribution is 2.10. The van der Waals surface area contributed by atoms with Gasteiger partial charge >= 0.3 is 0 Å². The monoisotopic (exact) mass is 382 g/mol. The molecule has 0 radical (unpaired) electrons. The van der Waals surface area contributed by atoms with Gasteiger partial charge in [-0.15, -0.1) is 0 Å². The smallest absolute Gasteiger partial charge is 0.273 e. The SMILES string of the molecule is CCOC[C@@H](O)CN1CCN(Cc2nc(C(=O)NC[C@H](C)CC)co2)CC1. The van der Waals surface area contributed by atoms with Crippen molar-refractivity contribution >= 4 is 5.91 Å². The number of hydrogen-bond acceptors (Lipinski definition) is 7. The van der Waals surface area contributed by atoms with Gasteiger partial charge in [-0.1, -0.05) is 20.3 Å². The number of carbonyl (C=O) groups excluding carboxylic acids is 1. The molecule has 0 spiro atoms. The normalized spacial score (nSPS) is 18.4. The summed E-state index contributed by atoms with van der Waals surface area (Å²) < 4.78 is 10.7. The van der Waals surface area contributed by atoms with Gasteiger partial charge in [-0.2, -0.15) is 0 Å². The third-order valence-electron chi connectivity index (χ3n) is 4.90. The second-order valence-corrected chi connectivity index (χ2v) is 7.24. The molecule has 0 aliphatic carbocycles. The van der Waals surface area contributed by atoms with E-state index in [1.807, 2.05) is 6.92 Å². The number of ether oxygens (including phenoxy) is 1. The lowest BCUT2D eigenvalue weighted by Crippen LogP contribution is -2.48.